The van der Waals surface area contributed by atoms with Crippen LogP contribution in [0.4, 0.5) is 0 Å². The topological polar surface area (TPSA) is 94.5 Å². The minimum Gasteiger partial charge on any atom is -0.507 e. The summed E-state index contributed by atoms with van der Waals surface area (Å²) in [6.45, 7) is 7.36. The minimum absolute atomic E-state index is 0.0459. The molecule has 0 bridgehead atoms. The van der Waals surface area contributed by atoms with Crippen LogP contribution in [0.15, 0.2) is 42.0 Å². The van der Waals surface area contributed by atoms with Gasteiger partial charge in [0.15, 0.2) is 11.5 Å². The van der Waals surface area contributed by atoms with Crippen molar-refractivity contribution in [3.63, 3.8) is 0 Å². The van der Waals surface area contributed by atoms with E-state index in [1.165, 1.54) is 4.90 Å². The van der Waals surface area contributed by atoms with Gasteiger partial charge in [0.2, 0.25) is 0 Å². The highest BCUT2D eigenvalue weighted by Crippen LogP contribution is 2.43. The third-order valence-electron chi connectivity index (χ3n) is 6.34. The number of methoxy groups -OCH3 is 1. The van der Waals surface area contributed by atoms with Crippen molar-refractivity contribution in [2.24, 2.45) is 0 Å². The van der Waals surface area contributed by atoms with E-state index >= 15 is 0 Å². The van der Waals surface area contributed by atoms with Gasteiger partial charge >= 0.3 is 0 Å². The Morgan fingerprint density at radius 2 is 1.83 bits per heavy atom. The molecule has 1 saturated heterocycles. The molecule has 192 valence electrons. The van der Waals surface area contributed by atoms with Crippen molar-refractivity contribution >= 4 is 17.4 Å². The van der Waals surface area contributed by atoms with E-state index in [-0.39, 0.29) is 17.4 Å². The van der Waals surface area contributed by atoms with Gasteiger partial charge in [-0.2, -0.15) is 0 Å². The van der Waals surface area contributed by atoms with Crippen LogP contribution in [0.5, 0.6) is 17.2 Å². The molecule has 0 aromatic heterocycles. The van der Waals surface area contributed by atoms with Crippen LogP contribution in [0.25, 0.3) is 5.76 Å². The first-order valence-electron chi connectivity index (χ1n) is 12.4. The van der Waals surface area contributed by atoms with Crippen molar-refractivity contribution in [3.05, 3.63) is 58.7 Å². The molecule has 8 nitrogen and oxygen atoms in total. The number of benzene rings is 2. The molecular weight excluding hydrogens is 462 g/mol. The summed E-state index contributed by atoms with van der Waals surface area (Å²) < 4.78 is 22.4. The molecule has 0 saturated carbocycles. The lowest BCUT2D eigenvalue weighted by Gasteiger charge is -2.26. The fourth-order valence-electron chi connectivity index (χ4n) is 4.80. The Bertz CT molecular complexity index is 1170. The molecule has 2 aromatic carbocycles. The van der Waals surface area contributed by atoms with Gasteiger partial charge < -0.3 is 29.0 Å². The summed E-state index contributed by atoms with van der Waals surface area (Å²) in [6, 6.07) is 9.91. The van der Waals surface area contributed by atoms with Crippen LogP contribution in [-0.2, 0) is 20.7 Å². The molecule has 8 heteroatoms. The number of hydrogen-bond donors (Lipinski definition) is 1. The largest absolute Gasteiger partial charge is 0.507 e. The van der Waals surface area contributed by atoms with Gasteiger partial charge in [0, 0.05) is 32.2 Å². The summed E-state index contributed by atoms with van der Waals surface area (Å²) in [5.74, 6) is 0.287. The Morgan fingerprint density at radius 1 is 1.08 bits per heavy atom. The maximum Gasteiger partial charge on any atom is 0.295 e. The predicted octanol–water partition coefficient (Wildman–Crippen LogP) is 4.27. The average molecular weight is 496 g/mol. The molecule has 2 atom stereocenters. The lowest BCUT2D eigenvalue weighted by atomic mass is 9.94. The normalized spacial score (nSPS) is 20.4. The van der Waals surface area contributed by atoms with E-state index in [0.29, 0.717) is 61.8 Å². The van der Waals surface area contributed by atoms with Crippen LogP contribution in [0.1, 0.15) is 49.9 Å². The second-order valence-corrected chi connectivity index (χ2v) is 8.87. The molecule has 0 spiro atoms. The second kappa shape index (κ2) is 11.0. The molecule has 2 aliphatic rings. The molecular formula is C28H33NO7. The van der Waals surface area contributed by atoms with E-state index in [2.05, 4.69) is 0 Å². The summed E-state index contributed by atoms with van der Waals surface area (Å²) in [6.07, 6.45) is 1.30. The first kappa shape index (κ1) is 25.6. The fraction of sp³-hybridized carbons (Fsp3) is 0.429. The number of ether oxygens (including phenoxy) is 4. The van der Waals surface area contributed by atoms with Gasteiger partial charge in [-0.1, -0.05) is 6.07 Å². The van der Waals surface area contributed by atoms with Gasteiger partial charge in [0.25, 0.3) is 11.7 Å². The lowest BCUT2D eigenvalue weighted by molar-refractivity contribution is -0.140. The van der Waals surface area contributed by atoms with Crippen LogP contribution in [0.2, 0.25) is 0 Å². The van der Waals surface area contributed by atoms with Crippen LogP contribution < -0.4 is 14.2 Å². The number of nitrogens with zero attached hydrogens (tertiary/aromatic N) is 1. The molecule has 0 radical (unpaired) electrons. The molecule has 2 aliphatic heterocycles. The summed E-state index contributed by atoms with van der Waals surface area (Å²) in [4.78, 5) is 27.9. The Kier molecular flexibility index (Phi) is 7.84. The molecule has 0 aliphatic carbocycles. The highest BCUT2D eigenvalue weighted by Gasteiger charge is 2.46. The first-order valence-corrected chi connectivity index (χ1v) is 12.4. The van der Waals surface area contributed by atoms with Crippen molar-refractivity contribution in [1.29, 1.82) is 0 Å². The number of fused-ring (bicyclic) bond motifs is 1. The van der Waals surface area contributed by atoms with E-state index < -0.39 is 17.7 Å². The molecule has 1 N–H and O–H groups in total. The fourth-order valence-corrected chi connectivity index (χ4v) is 4.80. The molecule has 2 heterocycles. The van der Waals surface area contributed by atoms with Crippen molar-refractivity contribution in [3.8, 4) is 17.2 Å². The molecule has 4 rings (SSSR count). The van der Waals surface area contributed by atoms with Crippen molar-refractivity contribution in [1.82, 2.24) is 4.90 Å². The summed E-state index contributed by atoms with van der Waals surface area (Å²) in [5.41, 5.74) is 2.13. The van der Waals surface area contributed by atoms with E-state index in [1.807, 2.05) is 26.8 Å². The highest BCUT2D eigenvalue weighted by atomic mass is 16.5. The van der Waals surface area contributed by atoms with Gasteiger partial charge in [-0.3, -0.25) is 9.59 Å². The molecule has 1 amide bonds. The van der Waals surface area contributed by atoms with Crippen molar-refractivity contribution in [2.45, 2.75) is 45.8 Å². The Balaban J connectivity index is 1.82. The van der Waals surface area contributed by atoms with Gasteiger partial charge in [0.1, 0.15) is 17.6 Å². The number of ketones is 1. The number of hydrogen-bond acceptors (Lipinski definition) is 7. The number of aliphatic hydroxyl groups is 1. The van der Waals surface area contributed by atoms with Crippen molar-refractivity contribution in [2.75, 3.05) is 33.5 Å². The third kappa shape index (κ3) is 4.91. The van der Waals surface area contributed by atoms with Gasteiger partial charge in [-0.25, -0.2) is 0 Å². The highest BCUT2D eigenvalue weighted by molar-refractivity contribution is 6.46. The van der Waals surface area contributed by atoms with Gasteiger partial charge in [0.05, 0.1) is 24.8 Å². The van der Waals surface area contributed by atoms with E-state index in [0.717, 1.165) is 11.3 Å². The Morgan fingerprint density at radius 3 is 2.56 bits per heavy atom. The molecule has 36 heavy (non-hydrogen) atoms. The maximum atomic E-state index is 13.3. The van der Waals surface area contributed by atoms with Crippen LogP contribution in [0, 0.1) is 0 Å². The van der Waals surface area contributed by atoms with Crippen LogP contribution in [0.3, 0.4) is 0 Å². The number of likely N-dealkylation sites (tertiary alicyclic amines) is 1. The van der Waals surface area contributed by atoms with Crippen molar-refractivity contribution < 1.29 is 33.6 Å². The average Bonchev–Trinajstić information content (AvgIpc) is 3.36. The van der Waals surface area contributed by atoms with Gasteiger partial charge in [-0.05, 0) is 68.7 Å². The lowest BCUT2D eigenvalue weighted by Crippen LogP contribution is -2.31. The second-order valence-electron chi connectivity index (χ2n) is 8.87. The maximum absolute atomic E-state index is 13.3. The number of carbonyl (C=O) groups excluding carboxylic acids is 2. The minimum atomic E-state index is -0.778. The Hall–Kier alpha value is -3.52. The zero-order valence-corrected chi connectivity index (χ0v) is 21.2. The number of Topliss-reactive ketones (excluding diaryl/α,β-unsaturated/α-hetero) is 1. The quantitative estimate of drug-likeness (QED) is 0.228. The van der Waals surface area contributed by atoms with E-state index in [1.54, 1.807) is 37.4 Å². The number of aliphatic hydroxyl groups excluding tert-OH is 1. The van der Waals surface area contributed by atoms with Gasteiger partial charge in [-0.15, -0.1) is 0 Å². The van der Waals surface area contributed by atoms with Crippen LogP contribution >= 0.6 is 0 Å². The summed E-state index contributed by atoms with van der Waals surface area (Å²) >= 11 is 0. The first-order chi connectivity index (χ1) is 17.4. The molecule has 2 aromatic rings. The predicted molar refractivity (Wildman–Crippen MR) is 135 cm³/mol. The number of carbonyl (C=O) groups is 2. The van der Waals surface area contributed by atoms with E-state index in [9.17, 15) is 14.7 Å². The summed E-state index contributed by atoms with van der Waals surface area (Å²) in [5, 5.41) is 11.4. The van der Waals surface area contributed by atoms with E-state index in [4.69, 9.17) is 18.9 Å². The SMILES string of the molecule is CCOc1ccc([C@@H]2C(=C(O)c3ccc4c(c3)C[C@@H](C)O4)C(=O)C(=O)N2CCCOC)cc1OCC. The standard InChI is InChI=1S/C28H33NO7/c1-5-34-22-11-8-18(16-23(22)35-6-2)25-24(27(31)28(32)29(25)12-7-13-33-4)26(30)19-9-10-21-20(15-19)14-17(3)36-21/h8-11,15-17,25,30H,5-7,12-14H2,1-4H3/t17-,25-/m1/s1. The molecule has 1 fully saturated rings. The van der Waals surface area contributed by atoms with Crippen LogP contribution in [-0.4, -0.2) is 61.3 Å². The Labute approximate surface area is 211 Å². The third-order valence-corrected chi connectivity index (χ3v) is 6.34. The zero-order valence-electron chi connectivity index (χ0n) is 21.2. The molecule has 0 unspecified atom stereocenters. The smallest absolute Gasteiger partial charge is 0.295 e. The zero-order chi connectivity index (χ0) is 25.8. The number of amides is 1. The summed E-state index contributed by atoms with van der Waals surface area (Å²) in [7, 11) is 1.59. The monoisotopic (exact) mass is 495 g/mol. The number of rotatable bonds is 10.